The third-order valence-corrected chi connectivity index (χ3v) is 5.03. The van der Waals surface area contributed by atoms with Crippen molar-refractivity contribution in [2.75, 3.05) is 13.1 Å². The van der Waals surface area contributed by atoms with Crippen LogP contribution in [0.3, 0.4) is 0 Å². The average molecular weight is 366 g/mol. The highest BCUT2D eigenvalue weighted by atomic mass is 16.5. The normalized spacial score (nSPS) is 16.9. The third-order valence-electron chi connectivity index (χ3n) is 5.03. The molecule has 0 N–H and O–H groups in total. The second-order valence-corrected chi connectivity index (χ2v) is 7.04. The van der Waals surface area contributed by atoms with E-state index in [2.05, 4.69) is 20.2 Å². The molecule has 140 valence electrons. The third kappa shape index (κ3) is 3.34. The van der Waals surface area contributed by atoms with Gasteiger partial charge in [-0.1, -0.05) is 5.16 Å². The molecule has 1 fully saturated rings. The van der Waals surface area contributed by atoms with Crippen molar-refractivity contribution in [2.24, 2.45) is 13.0 Å². The molecular weight excluding hydrogens is 344 g/mol. The number of rotatable bonds is 4. The minimum Gasteiger partial charge on any atom is -0.361 e. The van der Waals surface area contributed by atoms with Crippen molar-refractivity contribution in [1.29, 1.82) is 0 Å². The van der Waals surface area contributed by atoms with Crippen molar-refractivity contribution < 1.29 is 9.32 Å². The van der Waals surface area contributed by atoms with Gasteiger partial charge in [0.05, 0.1) is 22.6 Å². The first-order chi connectivity index (χ1) is 13.0. The van der Waals surface area contributed by atoms with Crippen molar-refractivity contribution >= 4 is 5.91 Å². The van der Waals surface area contributed by atoms with Gasteiger partial charge in [-0.25, -0.2) is 0 Å². The molecule has 1 saturated heterocycles. The molecule has 3 aromatic rings. The van der Waals surface area contributed by atoms with Crippen molar-refractivity contribution in [3.63, 3.8) is 0 Å². The van der Waals surface area contributed by atoms with Crippen LogP contribution in [0.15, 0.2) is 29.2 Å². The zero-order valence-corrected chi connectivity index (χ0v) is 15.7. The topological polar surface area (TPSA) is 89.9 Å². The fourth-order valence-electron chi connectivity index (χ4n) is 3.69. The lowest BCUT2D eigenvalue weighted by Gasteiger charge is -2.15. The number of carbonyl (C=O) groups excluding carboxylic acids is 1. The van der Waals surface area contributed by atoms with Gasteiger partial charge in [-0.3, -0.25) is 19.4 Å². The van der Waals surface area contributed by atoms with Crippen LogP contribution in [0.2, 0.25) is 0 Å². The molecule has 0 aliphatic carbocycles. The van der Waals surface area contributed by atoms with Crippen LogP contribution < -0.4 is 0 Å². The predicted octanol–water partition coefficient (Wildman–Crippen LogP) is 2.19. The molecule has 0 radical (unpaired) electrons. The van der Waals surface area contributed by atoms with E-state index in [0.29, 0.717) is 18.2 Å². The molecule has 1 aliphatic heterocycles. The van der Waals surface area contributed by atoms with Crippen LogP contribution in [0.5, 0.6) is 0 Å². The van der Waals surface area contributed by atoms with E-state index in [9.17, 15) is 4.79 Å². The summed E-state index contributed by atoms with van der Waals surface area (Å²) in [6, 6.07) is 1.76. The van der Waals surface area contributed by atoms with E-state index in [1.807, 2.05) is 25.8 Å². The minimum absolute atomic E-state index is 0.0109. The Hall–Kier alpha value is -3.03. The lowest BCUT2D eigenvalue weighted by atomic mass is 9.98. The number of hydrogen-bond acceptors (Lipinski definition) is 6. The molecule has 27 heavy (non-hydrogen) atoms. The Labute approximate surface area is 157 Å². The van der Waals surface area contributed by atoms with Gasteiger partial charge in [0.1, 0.15) is 11.5 Å². The first kappa shape index (κ1) is 17.4. The van der Waals surface area contributed by atoms with Crippen LogP contribution in [0.1, 0.15) is 34.1 Å². The van der Waals surface area contributed by atoms with Crippen molar-refractivity contribution in [1.82, 2.24) is 29.8 Å². The first-order valence-corrected chi connectivity index (χ1v) is 9.05. The maximum atomic E-state index is 12.6. The Kier molecular flexibility index (Phi) is 4.47. The van der Waals surface area contributed by atoms with Gasteiger partial charge in [0.15, 0.2) is 0 Å². The smallest absolute Gasteiger partial charge is 0.274 e. The lowest BCUT2D eigenvalue weighted by Crippen LogP contribution is -2.29. The highest BCUT2D eigenvalue weighted by Crippen LogP contribution is 2.30. The van der Waals surface area contributed by atoms with Gasteiger partial charge in [-0.05, 0) is 38.7 Å². The Morgan fingerprint density at radius 3 is 2.81 bits per heavy atom. The summed E-state index contributed by atoms with van der Waals surface area (Å²) < 4.78 is 6.94. The molecule has 8 heteroatoms. The lowest BCUT2D eigenvalue weighted by molar-refractivity contribution is 0.0780. The second kappa shape index (κ2) is 6.94. The summed E-state index contributed by atoms with van der Waals surface area (Å²) in [5.41, 5.74) is 3.96. The summed E-state index contributed by atoms with van der Waals surface area (Å²) in [6.07, 6.45) is 6.89. The standard InChI is InChI=1S/C19H22N6O2/c1-12-17(13(2)27-23-12)18-16(20-6-7-21-18)10-14-4-9-25(11-14)19(26)15-5-8-24(3)22-15/h5-8,14H,4,9-11H2,1-3H3/t14-/m1/s1. The zero-order chi connectivity index (χ0) is 19.0. The molecule has 0 bridgehead atoms. The van der Waals surface area contributed by atoms with Gasteiger partial charge in [-0.15, -0.1) is 0 Å². The number of carbonyl (C=O) groups is 1. The maximum Gasteiger partial charge on any atom is 0.274 e. The van der Waals surface area contributed by atoms with Crippen molar-refractivity contribution in [3.8, 4) is 11.3 Å². The predicted molar refractivity (Wildman–Crippen MR) is 97.9 cm³/mol. The maximum absolute atomic E-state index is 12.6. The Balaban J connectivity index is 1.51. The SMILES string of the molecule is Cc1noc(C)c1-c1nccnc1C[C@H]1CCN(C(=O)c2ccn(C)n2)C1. The van der Waals surface area contributed by atoms with Gasteiger partial charge in [0.25, 0.3) is 5.91 Å². The quantitative estimate of drug-likeness (QED) is 0.703. The number of aromatic nitrogens is 5. The first-order valence-electron chi connectivity index (χ1n) is 9.05. The second-order valence-electron chi connectivity index (χ2n) is 7.04. The average Bonchev–Trinajstić information content (AvgIpc) is 3.37. The molecule has 0 spiro atoms. The van der Waals surface area contributed by atoms with E-state index in [1.54, 1.807) is 29.3 Å². The highest BCUT2D eigenvalue weighted by molar-refractivity contribution is 5.92. The minimum atomic E-state index is -0.0109. The Morgan fingerprint density at radius 1 is 1.30 bits per heavy atom. The summed E-state index contributed by atoms with van der Waals surface area (Å²) in [5.74, 6) is 1.07. The van der Waals surface area contributed by atoms with Gasteiger partial charge in [0, 0.05) is 38.7 Å². The molecule has 1 atom stereocenters. The van der Waals surface area contributed by atoms with E-state index in [-0.39, 0.29) is 5.91 Å². The zero-order valence-electron chi connectivity index (χ0n) is 15.7. The molecule has 4 rings (SSSR count). The summed E-state index contributed by atoms with van der Waals surface area (Å²) >= 11 is 0. The fraction of sp³-hybridized carbons (Fsp3) is 0.421. The highest BCUT2D eigenvalue weighted by Gasteiger charge is 2.29. The van der Waals surface area contributed by atoms with E-state index in [1.165, 1.54) is 0 Å². The van der Waals surface area contributed by atoms with E-state index < -0.39 is 0 Å². The van der Waals surface area contributed by atoms with Gasteiger partial charge in [-0.2, -0.15) is 5.10 Å². The molecule has 1 amide bonds. The number of aryl methyl sites for hydroxylation is 3. The Bertz CT molecular complexity index is 957. The van der Waals surface area contributed by atoms with Gasteiger partial charge in [0.2, 0.25) is 0 Å². The van der Waals surface area contributed by atoms with Crippen LogP contribution >= 0.6 is 0 Å². The van der Waals surface area contributed by atoms with E-state index >= 15 is 0 Å². The van der Waals surface area contributed by atoms with Crippen LogP contribution in [-0.4, -0.2) is 48.8 Å². The molecule has 8 nitrogen and oxygen atoms in total. The van der Waals surface area contributed by atoms with E-state index in [0.717, 1.165) is 47.8 Å². The van der Waals surface area contributed by atoms with Crippen molar-refractivity contribution in [2.45, 2.75) is 26.7 Å². The molecule has 3 aromatic heterocycles. The molecule has 1 aliphatic rings. The van der Waals surface area contributed by atoms with Gasteiger partial charge >= 0.3 is 0 Å². The number of likely N-dealkylation sites (tertiary alicyclic amines) is 1. The number of hydrogen-bond donors (Lipinski definition) is 0. The van der Waals surface area contributed by atoms with Crippen LogP contribution in [0, 0.1) is 19.8 Å². The monoisotopic (exact) mass is 366 g/mol. The number of nitrogens with zero attached hydrogens (tertiary/aromatic N) is 6. The number of amides is 1. The summed E-state index contributed by atoms with van der Waals surface area (Å²) in [7, 11) is 1.81. The summed E-state index contributed by atoms with van der Waals surface area (Å²) in [6.45, 7) is 5.23. The molecule has 0 saturated carbocycles. The Morgan fingerprint density at radius 2 is 2.11 bits per heavy atom. The van der Waals surface area contributed by atoms with Crippen molar-refractivity contribution in [3.05, 3.63) is 47.5 Å². The molecule has 0 aromatic carbocycles. The van der Waals surface area contributed by atoms with Crippen LogP contribution in [-0.2, 0) is 13.5 Å². The molecular formula is C19H22N6O2. The van der Waals surface area contributed by atoms with Crippen LogP contribution in [0.4, 0.5) is 0 Å². The largest absolute Gasteiger partial charge is 0.361 e. The molecule has 4 heterocycles. The van der Waals surface area contributed by atoms with Crippen LogP contribution in [0.25, 0.3) is 11.3 Å². The summed E-state index contributed by atoms with van der Waals surface area (Å²) in [5, 5.41) is 8.25. The molecule has 0 unspecified atom stereocenters. The van der Waals surface area contributed by atoms with Gasteiger partial charge < -0.3 is 9.42 Å². The van der Waals surface area contributed by atoms with E-state index in [4.69, 9.17) is 4.52 Å². The fourth-order valence-corrected chi connectivity index (χ4v) is 3.69. The summed E-state index contributed by atoms with van der Waals surface area (Å²) in [4.78, 5) is 23.6.